The van der Waals surface area contributed by atoms with Gasteiger partial charge in [-0.05, 0) is 78.8 Å². The first kappa shape index (κ1) is 26.1. The minimum Gasteiger partial charge on any atom is -0.393 e. The van der Waals surface area contributed by atoms with Crippen LogP contribution in [0.1, 0.15) is 92.4 Å². The summed E-state index contributed by atoms with van der Waals surface area (Å²) in [7, 11) is 0. The number of allylic oxidation sites excluding steroid dienone is 5. The van der Waals surface area contributed by atoms with Gasteiger partial charge >= 0.3 is 0 Å². The Morgan fingerprint density at radius 1 is 1.27 bits per heavy atom. The number of nitrogens with zero attached hydrogens (tertiary/aromatic N) is 1. The standard InChI is InChI=1S/C29H45NO3/c1-19(9-7-11-27(30-33)28(3,4)5)24-14-15-25-21(10-8-16-29(24,25)6)12-13-22-17-23(31)18-26(32)20(22)2/h12-14,19,23,25-27,31-32H,2,7-11,15-18H2,1,3-6H3/t19-,23+,25+,26-,27?,29-/m1/s1. The number of rotatable bonds is 7. The van der Waals surface area contributed by atoms with Gasteiger partial charge in [0.25, 0.3) is 0 Å². The summed E-state index contributed by atoms with van der Waals surface area (Å²) in [6.45, 7) is 15.2. The Bertz CT molecular complexity index is 830. The van der Waals surface area contributed by atoms with Gasteiger partial charge in [-0.3, -0.25) is 0 Å². The average Bonchev–Trinajstić information content (AvgIpc) is 3.09. The van der Waals surface area contributed by atoms with Gasteiger partial charge in [-0.2, -0.15) is 4.91 Å². The second kappa shape index (κ2) is 10.4. The van der Waals surface area contributed by atoms with E-state index in [1.165, 1.54) is 18.4 Å². The number of nitroso groups, excluding NO2 is 1. The molecule has 3 aliphatic carbocycles. The van der Waals surface area contributed by atoms with Crippen molar-refractivity contribution in [3.8, 4) is 0 Å². The third kappa shape index (κ3) is 5.77. The quantitative estimate of drug-likeness (QED) is 0.320. The van der Waals surface area contributed by atoms with E-state index in [1.54, 1.807) is 5.57 Å². The van der Waals surface area contributed by atoms with E-state index in [0.717, 1.165) is 43.3 Å². The summed E-state index contributed by atoms with van der Waals surface area (Å²) < 4.78 is 0. The summed E-state index contributed by atoms with van der Waals surface area (Å²) in [5, 5.41) is 23.6. The fourth-order valence-corrected chi connectivity index (χ4v) is 6.50. The molecule has 4 heteroatoms. The molecule has 3 rings (SSSR count). The molecule has 2 saturated carbocycles. The summed E-state index contributed by atoms with van der Waals surface area (Å²) >= 11 is 0. The van der Waals surface area contributed by atoms with Crippen molar-refractivity contribution in [1.29, 1.82) is 0 Å². The molecular weight excluding hydrogens is 410 g/mol. The van der Waals surface area contributed by atoms with Crippen molar-refractivity contribution in [2.45, 2.75) is 111 Å². The summed E-state index contributed by atoms with van der Waals surface area (Å²) in [6, 6.07) is -0.116. The van der Waals surface area contributed by atoms with Crippen molar-refractivity contribution in [1.82, 2.24) is 0 Å². The van der Waals surface area contributed by atoms with E-state index in [2.05, 4.69) is 64.6 Å². The minimum atomic E-state index is -0.636. The van der Waals surface area contributed by atoms with Crippen LogP contribution in [0, 0.1) is 27.6 Å². The Morgan fingerprint density at radius 3 is 2.67 bits per heavy atom. The molecule has 0 amide bonds. The van der Waals surface area contributed by atoms with Crippen LogP contribution in [0.15, 0.2) is 52.3 Å². The lowest BCUT2D eigenvalue weighted by atomic mass is 9.62. The molecule has 2 N–H and O–H groups in total. The molecule has 0 saturated heterocycles. The maximum Gasteiger partial charge on any atom is 0.0967 e. The van der Waals surface area contributed by atoms with Gasteiger partial charge in [0, 0.05) is 6.42 Å². The molecule has 0 bridgehead atoms. The van der Waals surface area contributed by atoms with Crippen LogP contribution in [-0.4, -0.2) is 28.5 Å². The monoisotopic (exact) mass is 455 g/mol. The van der Waals surface area contributed by atoms with E-state index in [0.29, 0.717) is 24.7 Å². The highest BCUT2D eigenvalue weighted by Gasteiger charge is 2.45. The van der Waals surface area contributed by atoms with Gasteiger partial charge in [0.2, 0.25) is 0 Å². The lowest BCUT2D eigenvalue weighted by molar-refractivity contribution is 0.0862. The van der Waals surface area contributed by atoms with E-state index in [9.17, 15) is 15.1 Å². The number of hydrogen-bond acceptors (Lipinski definition) is 4. The van der Waals surface area contributed by atoms with Gasteiger partial charge in [-0.25, -0.2) is 0 Å². The second-order valence-corrected chi connectivity index (χ2v) is 12.1. The smallest absolute Gasteiger partial charge is 0.0967 e. The van der Waals surface area contributed by atoms with Gasteiger partial charge in [0.05, 0.1) is 18.2 Å². The Labute approximate surface area is 200 Å². The zero-order chi connectivity index (χ0) is 24.4. The first-order chi connectivity index (χ1) is 15.5. The fourth-order valence-electron chi connectivity index (χ4n) is 6.50. The number of aliphatic hydroxyl groups excluding tert-OH is 2. The molecule has 0 heterocycles. The van der Waals surface area contributed by atoms with Crippen molar-refractivity contribution in [2.24, 2.45) is 27.8 Å². The van der Waals surface area contributed by atoms with Crippen molar-refractivity contribution < 1.29 is 10.2 Å². The third-order valence-electron chi connectivity index (χ3n) is 8.65. The van der Waals surface area contributed by atoms with Gasteiger partial charge in [-0.1, -0.05) is 82.2 Å². The predicted molar refractivity (Wildman–Crippen MR) is 137 cm³/mol. The zero-order valence-electron chi connectivity index (χ0n) is 21.4. The van der Waals surface area contributed by atoms with Gasteiger partial charge in [-0.15, -0.1) is 0 Å². The molecule has 3 aliphatic rings. The van der Waals surface area contributed by atoms with E-state index < -0.39 is 12.2 Å². The molecule has 0 radical (unpaired) electrons. The van der Waals surface area contributed by atoms with Crippen molar-refractivity contribution in [3.63, 3.8) is 0 Å². The van der Waals surface area contributed by atoms with Gasteiger partial charge < -0.3 is 10.2 Å². The maximum absolute atomic E-state index is 11.3. The van der Waals surface area contributed by atoms with Crippen molar-refractivity contribution in [3.05, 3.63) is 52.0 Å². The van der Waals surface area contributed by atoms with Crippen molar-refractivity contribution in [2.75, 3.05) is 0 Å². The van der Waals surface area contributed by atoms with Crippen LogP contribution in [-0.2, 0) is 0 Å². The van der Waals surface area contributed by atoms with E-state index >= 15 is 0 Å². The number of aliphatic hydroxyl groups is 2. The van der Waals surface area contributed by atoms with Crippen LogP contribution >= 0.6 is 0 Å². The Balaban J connectivity index is 1.67. The van der Waals surface area contributed by atoms with E-state index in [-0.39, 0.29) is 16.9 Å². The van der Waals surface area contributed by atoms with Gasteiger partial charge in [0.1, 0.15) is 0 Å². The van der Waals surface area contributed by atoms with Crippen molar-refractivity contribution >= 4 is 0 Å². The fraction of sp³-hybridized carbons (Fsp3) is 0.724. The lowest BCUT2D eigenvalue weighted by Gasteiger charge is -2.42. The summed E-state index contributed by atoms with van der Waals surface area (Å²) in [5.41, 5.74) is 4.98. The third-order valence-corrected chi connectivity index (χ3v) is 8.65. The second-order valence-electron chi connectivity index (χ2n) is 12.1. The SMILES string of the molecule is C=C1C(=CC=C2CCC[C@]3(C)C([C@H](C)CCCC(N=O)C(C)(C)C)=CC[C@@H]23)C[C@H](O)C[C@H]1O. The molecule has 33 heavy (non-hydrogen) atoms. The first-order valence-electron chi connectivity index (χ1n) is 12.9. The Morgan fingerprint density at radius 2 is 2.00 bits per heavy atom. The average molecular weight is 456 g/mol. The Hall–Kier alpha value is -1.52. The molecule has 1 unspecified atom stereocenters. The van der Waals surface area contributed by atoms with Crippen LogP contribution < -0.4 is 0 Å². The predicted octanol–water partition coefficient (Wildman–Crippen LogP) is 7.04. The molecule has 0 spiro atoms. The molecule has 0 aromatic carbocycles. The number of hydrogen-bond donors (Lipinski definition) is 2. The highest BCUT2D eigenvalue weighted by atomic mass is 16.3. The van der Waals surface area contributed by atoms with Crippen LogP contribution in [0.3, 0.4) is 0 Å². The van der Waals surface area contributed by atoms with Crippen LogP contribution in [0.4, 0.5) is 0 Å². The van der Waals surface area contributed by atoms with Crippen LogP contribution in [0.5, 0.6) is 0 Å². The highest BCUT2D eigenvalue weighted by Crippen LogP contribution is 2.57. The number of fused-ring (bicyclic) bond motifs is 1. The van der Waals surface area contributed by atoms with Gasteiger partial charge in [0.15, 0.2) is 0 Å². The topological polar surface area (TPSA) is 69.9 Å². The molecule has 6 atom stereocenters. The molecular formula is C29H45NO3. The summed E-state index contributed by atoms with van der Waals surface area (Å²) in [5.74, 6) is 1.06. The molecule has 0 aliphatic heterocycles. The molecule has 0 aromatic heterocycles. The maximum atomic E-state index is 11.3. The van der Waals surface area contributed by atoms with E-state index in [4.69, 9.17) is 0 Å². The molecule has 184 valence electrons. The summed E-state index contributed by atoms with van der Waals surface area (Å²) in [6.07, 6.45) is 14.4. The molecule has 4 nitrogen and oxygen atoms in total. The lowest BCUT2D eigenvalue weighted by Crippen LogP contribution is -2.32. The van der Waals surface area contributed by atoms with Crippen LogP contribution in [0.25, 0.3) is 0 Å². The normalized spacial score (nSPS) is 34.8. The Kier molecular flexibility index (Phi) is 8.22. The molecule has 2 fully saturated rings. The molecule has 0 aromatic rings. The highest BCUT2D eigenvalue weighted by molar-refractivity contribution is 5.40. The zero-order valence-corrected chi connectivity index (χ0v) is 21.4. The largest absolute Gasteiger partial charge is 0.393 e. The van der Waals surface area contributed by atoms with Crippen LogP contribution in [0.2, 0.25) is 0 Å². The first-order valence-corrected chi connectivity index (χ1v) is 12.9. The summed E-state index contributed by atoms with van der Waals surface area (Å²) in [4.78, 5) is 11.3. The van der Waals surface area contributed by atoms with E-state index in [1.807, 2.05) is 0 Å². The minimum absolute atomic E-state index is 0.0675.